The smallest absolute Gasteiger partial charge is 0.331 e. The molecule has 1 unspecified atom stereocenters. The van der Waals surface area contributed by atoms with E-state index in [1.165, 1.54) is 11.6 Å². The van der Waals surface area contributed by atoms with Crippen molar-refractivity contribution in [3.63, 3.8) is 0 Å². The topological polar surface area (TPSA) is 73.9 Å². The summed E-state index contributed by atoms with van der Waals surface area (Å²) in [7, 11) is 3.10. The molecule has 29 heavy (non-hydrogen) atoms. The number of benzene rings is 2. The number of esters is 1. The molecule has 2 aromatic rings. The molecule has 1 aliphatic rings. The highest BCUT2D eigenvalue weighted by Crippen LogP contribution is 2.29. The predicted molar refractivity (Wildman–Crippen MR) is 110 cm³/mol. The summed E-state index contributed by atoms with van der Waals surface area (Å²) in [5.74, 6) is 0.280. The lowest BCUT2D eigenvalue weighted by atomic mass is 9.88. The largest absolute Gasteiger partial charge is 0.493 e. The van der Waals surface area contributed by atoms with Crippen LogP contribution in [0.3, 0.4) is 0 Å². The number of ether oxygens (including phenoxy) is 3. The SMILES string of the molecule is COc1ccc(/C=C/C(=O)OCC(=O)NC2CCCc3ccccc32)cc1OC. The number of fused-ring (bicyclic) bond motifs is 1. The maximum atomic E-state index is 12.2. The lowest BCUT2D eigenvalue weighted by molar-refractivity contribution is -0.144. The minimum Gasteiger partial charge on any atom is -0.493 e. The van der Waals surface area contributed by atoms with E-state index in [2.05, 4.69) is 11.4 Å². The molecule has 0 radical (unpaired) electrons. The highest BCUT2D eigenvalue weighted by atomic mass is 16.5. The third-order valence-electron chi connectivity index (χ3n) is 4.87. The summed E-state index contributed by atoms with van der Waals surface area (Å²) in [4.78, 5) is 24.2. The summed E-state index contributed by atoms with van der Waals surface area (Å²) in [6.07, 6.45) is 5.81. The number of amides is 1. The van der Waals surface area contributed by atoms with Gasteiger partial charge in [0.1, 0.15) is 0 Å². The van der Waals surface area contributed by atoms with Gasteiger partial charge < -0.3 is 19.5 Å². The molecule has 6 heteroatoms. The molecule has 152 valence electrons. The van der Waals surface area contributed by atoms with Crippen LogP contribution < -0.4 is 14.8 Å². The van der Waals surface area contributed by atoms with E-state index in [-0.39, 0.29) is 18.6 Å². The Bertz CT molecular complexity index is 906. The summed E-state index contributed by atoms with van der Waals surface area (Å²) < 4.78 is 15.5. The molecule has 1 aliphatic carbocycles. The van der Waals surface area contributed by atoms with E-state index in [0.29, 0.717) is 11.5 Å². The molecule has 0 fully saturated rings. The van der Waals surface area contributed by atoms with E-state index >= 15 is 0 Å². The second-order valence-electron chi connectivity index (χ2n) is 6.77. The molecule has 1 amide bonds. The van der Waals surface area contributed by atoms with Crippen molar-refractivity contribution >= 4 is 18.0 Å². The standard InChI is InChI=1S/C23H25NO5/c1-27-20-12-10-16(14-21(20)28-2)11-13-23(26)29-15-22(25)24-19-9-5-7-17-6-3-4-8-18(17)19/h3-4,6,8,10-14,19H,5,7,9,15H2,1-2H3,(H,24,25)/b13-11+. The molecule has 6 nitrogen and oxygen atoms in total. The van der Waals surface area contributed by atoms with Crippen LogP contribution in [0.1, 0.15) is 35.6 Å². The Balaban J connectivity index is 1.51. The van der Waals surface area contributed by atoms with Gasteiger partial charge in [-0.1, -0.05) is 30.3 Å². The van der Waals surface area contributed by atoms with Crippen molar-refractivity contribution in [1.29, 1.82) is 0 Å². The van der Waals surface area contributed by atoms with E-state index in [4.69, 9.17) is 14.2 Å². The van der Waals surface area contributed by atoms with E-state index in [1.807, 2.05) is 18.2 Å². The fraction of sp³-hybridized carbons (Fsp3) is 0.304. The van der Waals surface area contributed by atoms with Gasteiger partial charge in [-0.05, 0) is 54.2 Å². The zero-order valence-electron chi connectivity index (χ0n) is 16.6. The molecule has 1 atom stereocenters. The molecule has 0 aromatic heterocycles. The average molecular weight is 395 g/mol. The van der Waals surface area contributed by atoms with Crippen molar-refractivity contribution in [2.75, 3.05) is 20.8 Å². The number of aryl methyl sites for hydroxylation is 1. The van der Waals surface area contributed by atoms with Crippen molar-refractivity contribution in [2.45, 2.75) is 25.3 Å². The second kappa shape index (κ2) is 9.78. The first-order chi connectivity index (χ1) is 14.1. The third kappa shape index (κ3) is 5.38. The van der Waals surface area contributed by atoms with Crippen molar-refractivity contribution in [3.8, 4) is 11.5 Å². The summed E-state index contributed by atoms with van der Waals surface area (Å²) in [6.45, 7) is -0.312. The molecule has 0 saturated heterocycles. The van der Waals surface area contributed by atoms with Crippen LogP contribution in [0.4, 0.5) is 0 Å². The lowest BCUT2D eigenvalue weighted by Crippen LogP contribution is -2.34. The Hall–Kier alpha value is -3.28. The first kappa shape index (κ1) is 20.5. The number of methoxy groups -OCH3 is 2. The van der Waals surface area contributed by atoms with Crippen LogP contribution in [-0.4, -0.2) is 32.7 Å². The molecule has 1 N–H and O–H groups in total. The minimum absolute atomic E-state index is 0.0338. The van der Waals surface area contributed by atoms with Crippen LogP contribution in [0.2, 0.25) is 0 Å². The molecular weight excluding hydrogens is 370 g/mol. The van der Waals surface area contributed by atoms with Crippen LogP contribution >= 0.6 is 0 Å². The number of carbonyl (C=O) groups is 2. The fourth-order valence-corrected chi connectivity index (χ4v) is 3.45. The number of hydrogen-bond acceptors (Lipinski definition) is 5. The van der Waals surface area contributed by atoms with Gasteiger partial charge in [0, 0.05) is 6.08 Å². The maximum absolute atomic E-state index is 12.2. The van der Waals surface area contributed by atoms with Crippen LogP contribution in [-0.2, 0) is 20.7 Å². The quantitative estimate of drug-likeness (QED) is 0.574. The summed E-state index contributed by atoms with van der Waals surface area (Å²) >= 11 is 0. The normalized spacial score (nSPS) is 15.4. The van der Waals surface area contributed by atoms with Crippen molar-refractivity contribution < 1.29 is 23.8 Å². The lowest BCUT2D eigenvalue weighted by Gasteiger charge is -2.26. The molecule has 0 saturated carbocycles. The highest BCUT2D eigenvalue weighted by Gasteiger charge is 2.21. The molecule has 3 rings (SSSR count). The van der Waals surface area contributed by atoms with Gasteiger partial charge in [-0.15, -0.1) is 0 Å². The van der Waals surface area contributed by atoms with Crippen molar-refractivity contribution in [1.82, 2.24) is 5.32 Å². The Morgan fingerprint density at radius 2 is 1.90 bits per heavy atom. The molecule has 0 bridgehead atoms. The van der Waals surface area contributed by atoms with Gasteiger partial charge in [0.05, 0.1) is 20.3 Å². The van der Waals surface area contributed by atoms with Gasteiger partial charge in [0.2, 0.25) is 0 Å². The fourth-order valence-electron chi connectivity index (χ4n) is 3.45. The third-order valence-corrected chi connectivity index (χ3v) is 4.87. The summed E-state index contributed by atoms with van der Waals surface area (Å²) in [6, 6.07) is 13.4. The average Bonchev–Trinajstić information content (AvgIpc) is 2.76. The summed E-state index contributed by atoms with van der Waals surface area (Å²) in [5, 5.41) is 2.96. The van der Waals surface area contributed by atoms with E-state index in [9.17, 15) is 9.59 Å². The Kier molecular flexibility index (Phi) is 6.89. The number of carbonyl (C=O) groups excluding carboxylic acids is 2. The highest BCUT2D eigenvalue weighted by molar-refractivity contribution is 5.89. The molecule has 0 heterocycles. The van der Waals surface area contributed by atoms with Crippen molar-refractivity contribution in [2.24, 2.45) is 0 Å². The van der Waals surface area contributed by atoms with Gasteiger partial charge in [-0.2, -0.15) is 0 Å². The van der Waals surface area contributed by atoms with Crippen LogP contribution in [0.5, 0.6) is 11.5 Å². The monoisotopic (exact) mass is 395 g/mol. The number of hydrogen-bond donors (Lipinski definition) is 1. The van der Waals surface area contributed by atoms with Gasteiger partial charge in [0.25, 0.3) is 5.91 Å². The molecule has 0 aliphatic heterocycles. The Morgan fingerprint density at radius 1 is 1.10 bits per heavy atom. The van der Waals surface area contributed by atoms with Gasteiger partial charge in [-0.3, -0.25) is 4.79 Å². The summed E-state index contributed by atoms with van der Waals surface area (Å²) in [5.41, 5.74) is 3.16. The van der Waals surface area contributed by atoms with Crippen LogP contribution in [0.25, 0.3) is 6.08 Å². The Labute approximate surface area is 170 Å². The van der Waals surface area contributed by atoms with Crippen molar-refractivity contribution in [3.05, 3.63) is 65.2 Å². The second-order valence-corrected chi connectivity index (χ2v) is 6.77. The number of rotatable bonds is 7. The van der Waals surface area contributed by atoms with Crippen LogP contribution in [0.15, 0.2) is 48.5 Å². The molecular formula is C23H25NO5. The van der Waals surface area contributed by atoms with E-state index in [1.54, 1.807) is 38.5 Å². The zero-order chi connectivity index (χ0) is 20.6. The first-order valence-electron chi connectivity index (χ1n) is 9.54. The Morgan fingerprint density at radius 3 is 2.69 bits per heavy atom. The first-order valence-corrected chi connectivity index (χ1v) is 9.54. The van der Waals surface area contributed by atoms with Gasteiger partial charge >= 0.3 is 5.97 Å². The molecule has 2 aromatic carbocycles. The maximum Gasteiger partial charge on any atom is 0.331 e. The van der Waals surface area contributed by atoms with Gasteiger partial charge in [0.15, 0.2) is 18.1 Å². The number of nitrogens with one attached hydrogen (secondary N) is 1. The van der Waals surface area contributed by atoms with Gasteiger partial charge in [-0.25, -0.2) is 4.79 Å². The predicted octanol–water partition coefficient (Wildman–Crippen LogP) is 3.45. The van der Waals surface area contributed by atoms with Crippen LogP contribution in [0, 0.1) is 0 Å². The van der Waals surface area contributed by atoms with E-state index < -0.39 is 5.97 Å². The minimum atomic E-state index is -0.584. The van der Waals surface area contributed by atoms with E-state index in [0.717, 1.165) is 30.4 Å². The molecule has 0 spiro atoms. The zero-order valence-corrected chi connectivity index (χ0v) is 16.6.